The Labute approximate surface area is 147 Å². The highest BCUT2D eigenvalue weighted by atomic mass is 16.5. The summed E-state index contributed by atoms with van der Waals surface area (Å²) >= 11 is 0. The fourth-order valence-corrected chi connectivity index (χ4v) is 2.53. The summed E-state index contributed by atoms with van der Waals surface area (Å²) in [5, 5.41) is 3.78. The summed E-state index contributed by atoms with van der Waals surface area (Å²) < 4.78 is 10.8. The van der Waals surface area contributed by atoms with E-state index in [1.54, 1.807) is 6.07 Å². The van der Waals surface area contributed by atoms with E-state index in [0.717, 1.165) is 0 Å². The maximum atomic E-state index is 11.6. The minimum atomic E-state index is -0.528. The molecule has 0 saturated carbocycles. The lowest BCUT2D eigenvalue weighted by molar-refractivity contribution is -0.133. The number of rotatable bonds is 3. The lowest BCUT2D eigenvalue weighted by Crippen LogP contribution is -2.20. The van der Waals surface area contributed by atoms with E-state index in [0.29, 0.717) is 16.9 Å². The standard InChI is InChI=1S/C18H25N3O4/c1-10(22)24-13-9-12(17(3,4)5)16(25-11(2)23)15(20-21-19)14(13)18(6,7)8/h9H,1-8H3. The molecule has 7 nitrogen and oxygen atoms in total. The molecule has 0 saturated heterocycles. The van der Waals surface area contributed by atoms with Gasteiger partial charge in [0.15, 0.2) is 0 Å². The molecule has 1 aromatic carbocycles. The van der Waals surface area contributed by atoms with Gasteiger partial charge in [0.1, 0.15) is 11.5 Å². The quantitative estimate of drug-likeness (QED) is 0.250. The van der Waals surface area contributed by atoms with Gasteiger partial charge in [0.25, 0.3) is 0 Å². The van der Waals surface area contributed by atoms with E-state index in [9.17, 15) is 9.59 Å². The van der Waals surface area contributed by atoms with Gasteiger partial charge < -0.3 is 9.47 Å². The third kappa shape index (κ3) is 4.97. The molecular weight excluding hydrogens is 322 g/mol. The molecule has 0 aliphatic heterocycles. The number of hydrogen-bond acceptors (Lipinski definition) is 5. The Kier molecular flexibility index (Phi) is 5.87. The molecule has 136 valence electrons. The Morgan fingerprint density at radius 3 is 1.88 bits per heavy atom. The van der Waals surface area contributed by atoms with E-state index in [4.69, 9.17) is 15.0 Å². The first kappa shape index (κ1) is 20.5. The van der Waals surface area contributed by atoms with Crippen molar-refractivity contribution in [2.24, 2.45) is 5.11 Å². The number of esters is 2. The maximum Gasteiger partial charge on any atom is 0.308 e. The van der Waals surface area contributed by atoms with Crippen LogP contribution in [0.3, 0.4) is 0 Å². The Bertz CT molecular complexity index is 749. The maximum absolute atomic E-state index is 11.6. The topological polar surface area (TPSA) is 101 Å². The van der Waals surface area contributed by atoms with Gasteiger partial charge in [-0.25, -0.2) is 0 Å². The van der Waals surface area contributed by atoms with Crippen molar-refractivity contribution in [2.75, 3.05) is 0 Å². The van der Waals surface area contributed by atoms with E-state index in [1.807, 2.05) is 41.5 Å². The Morgan fingerprint density at radius 2 is 1.52 bits per heavy atom. The molecule has 1 aromatic rings. The summed E-state index contributed by atoms with van der Waals surface area (Å²) in [7, 11) is 0. The van der Waals surface area contributed by atoms with Gasteiger partial charge in [0, 0.05) is 29.9 Å². The molecule has 0 N–H and O–H groups in total. The highest BCUT2D eigenvalue weighted by Crippen LogP contribution is 2.50. The van der Waals surface area contributed by atoms with Gasteiger partial charge in [-0.2, -0.15) is 0 Å². The van der Waals surface area contributed by atoms with Crippen LogP contribution in [-0.2, 0) is 20.4 Å². The van der Waals surface area contributed by atoms with Crippen LogP contribution in [0.2, 0.25) is 0 Å². The van der Waals surface area contributed by atoms with Crippen molar-refractivity contribution in [2.45, 2.75) is 66.2 Å². The summed E-state index contributed by atoms with van der Waals surface area (Å²) in [6.45, 7) is 14.0. The Morgan fingerprint density at radius 1 is 1.00 bits per heavy atom. The smallest absolute Gasteiger partial charge is 0.308 e. The lowest BCUT2D eigenvalue weighted by atomic mass is 9.79. The monoisotopic (exact) mass is 347 g/mol. The zero-order chi connectivity index (χ0) is 19.6. The van der Waals surface area contributed by atoms with Gasteiger partial charge in [-0.3, -0.25) is 9.59 Å². The van der Waals surface area contributed by atoms with Gasteiger partial charge in [0.05, 0.1) is 5.69 Å². The number of nitrogens with zero attached hydrogens (tertiary/aromatic N) is 3. The molecule has 0 unspecified atom stereocenters. The fraction of sp³-hybridized carbons (Fsp3) is 0.556. The van der Waals surface area contributed by atoms with Gasteiger partial charge in [0.2, 0.25) is 0 Å². The van der Waals surface area contributed by atoms with Crippen LogP contribution in [0.25, 0.3) is 10.4 Å². The molecule has 0 amide bonds. The second-order valence-electron chi connectivity index (χ2n) is 7.85. The first-order valence-corrected chi connectivity index (χ1v) is 7.93. The predicted molar refractivity (Wildman–Crippen MR) is 95.3 cm³/mol. The van der Waals surface area contributed by atoms with Crippen LogP contribution >= 0.6 is 0 Å². The lowest BCUT2D eigenvalue weighted by Gasteiger charge is -2.30. The van der Waals surface area contributed by atoms with Crippen LogP contribution in [0.5, 0.6) is 11.5 Å². The fourth-order valence-electron chi connectivity index (χ4n) is 2.53. The first-order valence-electron chi connectivity index (χ1n) is 7.93. The molecule has 0 fully saturated rings. The third-order valence-electron chi connectivity index (χ3n) is 3.42. The molecule has 0 bridgehead atoms. The first-order chi connectivity index (χ1) is 11.3. The van der Waals surface area contributed by atoms with Crippen molar-refractivity contribution in [3.05, 3.63) is 27.6 Å². The molecule has 7 heteroatoms. The molecule has 0 atom stereocenters. The van der Waals surface area contributed by atoms with Gasteiger partial charge in [-0.15, -0.1) is 0 Å². The number of benzene rings is 1. The van der Waals surface area contributed by atoms with Crippen molar-refractivity contribution in [3.8, 4) is 11.5 Å². The van der Waals surface area contributed by atoms with E-state index in [2.05, 4.69) is 10.0 Å². The van der Waals surface area contributed by atoms with Crippen LogP contribution in [0, 0.1) is 0 Å². The number of hydrogen-bond donors (Lipinski definition) is 0. The van der Waals surface area contributed by atoms with Crippen LogP contribution in [0.1, 0.15) is 66.5 Å². The Balaban J connectivity index is 4.06. The second kappa shape index (κ2) is 7.15. The average molecular weight is 347 g/mol. The van der Waals surface area contributed by atoms with Crippen molar-refractivity contribution >= 4 is 17.6 Å². The average Bonchev–Trinajstić information content (AvgIpc) is 2.37. The molecule has 0 heterocycles. The molecule has 0 radical (unpaired) electrons. The molecule has 0 aliphatic carbocycles. The molecule has 0 aromatic heterocycles. The van der Waals surface area contributed by atoms with Crippen LogP contribution in [0.4, 0.5) is 5.69 Å². The zero-order valence-electron chi connectivity index (χ0n) is 16.1. The summed E-state index contributed by atoms with van der Waals surface area (Å²) in [4.78, 5) is 26.1. The minimum absolute atomic E-state index is 0.161. The number of ether oxygens (including phenoxy) is 2. The number of carbonyl (C=O) groups is 2. The second-order valence-corrected chi connectivity index (χ2v) is 7.85. The van der Waals surface area contributed by atoms with Crippen LogP contribution < -0.4 is 9.47 Å². The van der Waals surface area contributed by atoms with E-state index >= 15 is 0 Å². The van der Waals surface area contributed by atoms with Crippen LogP contribution in [0.15, 0.2) is 11.2 Å². The number of carbonyl (C=O) groups excluding carboxylic acids is 2. The van der Waals surface area contributed by atoms with E-state index in [1.165, 1.54) is 13.8 Å². The van der Waals surface area contributed by atoms with Crippen LogP contribution in [-0.4, -0.2) is 11.9 Å². The molecule has 0 aliphatic rings. The van der Waals surface area contributed by atoms with Crippen molar-refractivity contribution < 1.29 is 19.1 Å². The van der Waals surface area contributed by atoms with Gasteiger partial charge in [-0.1, -0.05) is 46.7 Å². The predicted octanol–water partition coefficient (Wildman–Crippen LogP) is 5.07. The molecule has 25 heavy (non-hydrogen) atoms. The molecule has 0 spiro atoms. The molecular formula is C18H25N3O4. The van der Waals surface area contributed by atoms with Crippen molar-refractivity contribution in [3.63, 3.8) is 0 Å². The van der Waals surface area contributed by atoms with Gasteiger partial charge >= 0.3 is 11.9 Å². The van der Waals surface area contributed by atoms with Crippen molar-refractivity contribution in [1.29, 1.82) is 0 Å². The largest absolute Gasteiger partial charge is 0.426 e. The highest BCUT2D eigenvalue weighted by Gasteiger charge is 2.32. The summed E-state index contributed by atoms with van der Waals surface area (Å²) in [6, 6.07) is 1.68. The summed E-state index contributed by atoms with van der Waals surface area (Å²) in [6.07, 6.45) is 0. The summed E-state index contributed by atoms with van der Waals surface area (Å²) in [5.74, 6) is -0.528. The van der Waals surface area contributed by atoms with E-state index < -0.39 is 22.8 Å². The SMILES string of the molecule is CC(=O)Oc1cc(C(C)(C)C)c(OC(C)=O)c(N=[N+]=[N-])c1C(C)(C)C. The van der Waals surface area contributed by atoms with Crippen molar-refractivity contribution in [1.82, 2.24) is 0 Å². The Hall–Kier alpha value is -2.53. The number of azide groups is 1. The molecule has 1 rings (SSSR count). The normalized spacial score (nSPS) is 11.5. The summed E-state index contributed by atoms with van der Waals surface area (Å²) in [5.41, 5.74) is 9.34. The van der Waals surface area contributed by atoms with E-state index in [-0.39, 0.29) is 11.4 Å². The highest BCUT2D eigenvalue weighted by molar-refractivity contribution is 5.79. The minimum Gasteiger partial charge on any atom is -0.426 e. The third-order valence-corrected chi connectivity index (χ3v) is 3.42. The zero-order valence-corrected chi connectivity index (χ0v) is 16.1. The van der Waals surface area contributed by atoms with Gasteiger partial charge in [-0.05, 0) is 22.4 Å².